The van der Waals surface area contributed by atoms with Crippen molar-refractivity contribution < 1.29 is 19.4 Å². The standard InChI is InChI=1S/C13H26O2.C4H6O2/c1-13(2,3)11-9-7-5-4-6-8-10-12(14)15;1-3-6-4(2)5/h4-11H2,1-3H3,(H,14,15);3H,1H2,2H3. The lowest BCUT2D eigenvalue weighted by Crippen LogP contribution is -2.03. The number of carboxylic acids is 1. The normalized spacial score (nSPS) is 10.3. The van der Waals surface area contributed by atoms with Crippen molar-refractivity contribution in [3.05, 3.63) is 12.8 Å². The molecule has 0 aliphatic rings. The number of hydrogen-bond acceptors (Lipinski definition) is 3. The molecule has 0 bridgehead atoms. The maximum absolute atomic E-state index is 10.2. The second-order valence-electron chi connectivity index (χ2n) is 6.35. The average molecular weight is 300 g/mol. The van der Waals surface area contributed by atoms with Crippen LogP contribution in [0.2, 0.25) is 0 Å². The van der Waals surface area contributed by atoms with Crippen molar-refractivity contribution >= 4 is 11.9 Å². The van der Waals surface area contributed by atoms with Gasteiger partial charge in [-0.1, -0.05) is 59.5 Å². The molecule has 0 aliphatic heterocycles. The van der Waals surface area contributed by atoms with Crippen LogP contribution in [0.5, 0.6) is 0 Å². The first-order valence-electron chi connectivity index (χ1n) is 7.69. The Morgan fingerprint density at radius 2 is 1.52 bits per heavy atom. The van der Waals surface area contributed by atoms with E-state index in [2.05, 4.69) is 32.1 Å². The van der Waals surface area contributed by atoms with Gasteiger partial charge in [0.05, 0.1) is 6.26 Å². The lowest BCUT2D eigenvalue weighted by molar-refractivity contribution is -0.137. The van der Waals surface area contributed by atoms with Gasteiger partial charge < -0.3 is 9.84 Å². The number of carbonyl (C=O) groups excluding carboxylic acids is 1. The minimum Gasteiger partial charge on any atom is -0.481 e. The van der Waals surface area contributed by atoms with Gasteiger partial charge in [-0.2, -0.15) is 0 Å². The van der Waals surface area contributed by atoms with Crippen LogP contribution in [0.3, 0.4) is 0 Å². The number of carboxylic acid groups (broad SMARTS) is 1. The van der Waals surface area contributed by atoms with E-state index < -0.39 is 5.97 Å². The molecule has 0 aromatic heterocycles. The summed E-state index contributed by atoms with van der Waals surface area (Å²) in [7, 11) is 0. The highest BCUT2D eigenvalue weighted by atomic mass is 16.5. The number of rotatable bonds is 9. The molecule has 4 heteroatoms. The number of hydrogen-bond donors (Lipinski definition) is 1. The fourth-order valence-corrected chi connectivity index (χ4v) is 1.76. The molecule has 0 aromatic rings. The first kappa shape index (κ1) is 22.0. The van der Waals surface area contributed by atoms with E-state index in [0.717, 1.165) is 19.1 Å². The predicted molar refractivity (Wildman–Crippen MR) is 86.0 cm³/mol. The van der Waals surface area contributed by atoms with E-state index in [-0.39, 0.29) is 5.97 Å². The van der Waals surface area contributed by atoms with Gasteiger partial charge in [-0.05, 0) is 18.3 Å². The second-order valence-corrected chi connectivity index (χ2v) is 6.35. The number of esters is 1. The second kappa shape index (κ2) is 13.7. The summed E-state index contributed by atoms with van der Waals surface area (Å²) in [6, 6.07) is 0. The summed E-state index contributed by atoms with van der Waals surface area (Å²) in [5, 5.41) is 8.44. The van der Waals surface area contributed by atoms with Crippen LogP contribution >= 0.6 is 0 Å². The minimum absolute atomic E-state index is 0.329. The molecule has 0 amide bonds. The molecule has 0 fully saturated rings. The Morgan fingerprint density at radius 1 is 1.05 bits per heavy atom. The highest BCUT2D eigenvalue weighted by Crippen LogP contribution is 2.22. The van der Waals surface area contributed by atoms with Crippen molar-refractivity contribution in [2.24, 2.45) is 5.41 Å². The third-order valence-corrected chi connectivity index (χ3v) is 2.82. The van der Waals surface area contributed by atoms with Crippen LogP contribution in [0.1, 0.15) is 79.1 Å². The van der Waals surface area contributed by atoms with Gasteiger partial charge in [0.15, 0.2) is 0 Å². The zero-order chi connectivity index (χ0) is 16.7. The van der Waals surface area contributed by atoms with E-state index >= 15 is 0 Å². The molecule has 0 unspecified atom stereocenters. The Balaban J connectivity index is 0. The molecule has 0 aromatic carbocycles. The van der Waals surface area contributed by atoms with E-state index in [0.29, 0.717) is 11.8 Å². The van der Waals surface area contributed by atoms with Crippen molar-refractivity contribution in [1.29, 1.82) is 0 Å². The maximum Gasteiger partial charge on any atom is 0.307 e. The molecule has 4 nitrogen and oxygen atoms in total. The van der Waals surface area contributed by atoms with Crippen LogP contribution < -0.4 is 0 Å². The molecule has 1 N–H and O–H groups in total. The van der Waals surface area contributed by atoms with E-state index in [1.54, 1.807) is 0 Å². The Bertz CT molecular complexity index is 290. The Morgan fingerprint density at radius 3 is 1.86 bits per heavy atom. The van der Waals surface area contributed by atoms with Crippen molar-refractivity contribution in [3.63, 3.8) is 0 Å². The molecule has 0 atom stereocenters. The molecule has 0 aliphatic carbocycles. The van der Waals surface area contributed by atoms with Gasteiger partial charge in [-0.3, -0.25) is 9.59 Å². The van der Waals surface area contributed by atoms with Crippen LogP contribution in [-0.4, -0.2) is 17.0 Å². The summed E-state index contributed by atoms with van der Waals surface area (Å²) in [6.45, 7) is 11.3. The highest BCUT2D eigenvalue weighted by molar-refractivity contribution is 5.66. The number of unbranched alkanes of at least 4 members (excludes halogenated alkanes) is 5. The molecule has 0 heterocycles. The fourth-order valence-electron chi connectivity index (χ4n) is 1.76. The number of ether oxygens (including phenoxy) is 1. The van der Waals surface area contributed by atoms with Crippen molar-refractivity contribution in [2.45, 2.75) is 79.1 Å². The summed E-state index contributed by atoms with van der Waals surface area (Å²) in [5.41, 5.74) is 0.462. The van der Waals surface area contributed by atoms with Crippen molar-refractivity contribution in [3.8, 4) is 0 Å². The number of aliphatic carboxylic acids is 1. The van der Waals surface area contributed by atoms with Gasteiger partial charge in [0.25, 0.3) is 0 Å². The van der Waals surface area contributed by atoms with Gasteiger partial charge in [0, 0.05) is 13.3 Å². The van der Waals surface area contributed by atoms with Crippen molar-refractivity contribution in [2.75, 3.05) is 0 Å². The lowest BCUT2D eigenvalue weighted by atomic mass is 9.89. The van der Waals surface area contributed by atoms with Crippen LogP contribution in [-0.2, 0) is 14.3 Å². The Labute approximate surface area is 129 Å². The number of carbonyl (C=O) groups is 2. The van der Waals surface area contributed by atoms with Gasteiger partial charge in [0.2, 0.25) is 0 Å². The largest absolute Gasteiger partial charge is 0.481 e. The zero-order valence-corrected chi connectivity index (χ0v) is 14.1. The molecule has 0 saturated carbocycles. The molecular formula is C17H32O4. The van der Waals surface area contributed by atoms with Crippen LogP contribution in [0.15, 0.2) is 12.8 Å². The van der Waals surface area contributed by atoms with E-state index in [1.165, 1.54) is 39.0 Å². The van der Waals surface area contributed by atoms with E-state index in [4.69, 9.17) is 5.11 Å². The maximum atomic E-state index is 10.2. The van der Waals surface area contributed by atoms with Gasteiger partial charge >= 0.3 is 11.9 Å². The Hall–Kier alpha value is -1.32. The molecule has 0 saturated heterocycles. The minimum atomic E-state index is -0.664. The lowest BCUT2D eigenvalue weighted by Gasteiger charge is -2.17. The molecule has 0 radical (unpaired) electrons. The molecule has 124 valence electrons. The summed E-state index contributed by atoms with van der Waals surface area (Å²) in [5.74, 6) is -0.993. The highest BCUT2D eigenvalue weighted by Gasteiger charge is 2.08. The van der Waals surface area contributed by atoms with Gasteiger partial charge in [0.1, 0.15) is 0 Å². The monoisotopic (exact) mass is 300 g/mol. The third kappa shape index (κ3) is 27.8. The zero-order valence-electron chi connectivity index (χ0n) is 14.1. The molecular weight excluding hydrogens is 268 g/mol. The molecule has 0 rings (SSSR count). The fraction of sp³-hybridized carbons (Fsp3) is 0.765. The summed E-state index contributed by atoms with van der Waals surface area (Å²) >= 11 is 0. The van der Waals surface area contributed by atoms with E-state index in [9.17, 15) is 9.59 Å². The smallest absolute Gasteiger partial charge is 0.307 e. The van der Waals surface area contributed by atoms with Crippen LogP contribution in [0, 0.1) is 5.41 Å². The Kier molecular flexibility index (Phi) is 14.3. The molecule has 21 heavy (non-hydrogen) atoms. The van der Waals surface area contributed by atoms with Gasteiger partial charge in [-0.25, -0.2) is 0 Å². The summed E-state index contributed by atoms with van der Waals surface area (Å²) < 4.78 is 4.17. The molecule has 0 spiro atoms. The topological polar surface area (TPSA) is 63.6 Å². The summed E-state index contributed by atoms with van der Waals surface area (Å²) in [6.07, 6.45) is 9.70. The van der Waals surface area contributed by atoms with E-state index in [1.807, 2.05) is 0 Å². The quantitative estimate of drug-likeness (QED) is 0.372. The first-order chi connectivity index (χ1) is 9.69. The summed E-state index contributed by atoms with van der Waals surface area (Å²) in [4.78, 5) is 20.0. The first-order valence-corrected chi connectivity index (χ1v) is 7.69. The van der Waals surface area contributed by atoms with Crippen molar-refractivity contribution in [1.82, 2.24) is 0 Å². The van der Waals surface area contributed by atoms with Crippen LogP contribution in [0.25, 0.3) is 0 Å². The average Bonchev–Trinajstić information content (AvgIpc) is 2.31. The third-order valence-electron chi connectivity index (χ3n) is 2.82. The predicted octanol–water partition coefficient (Wildman–Crippen LogP) is 4.93. The SMILES string of the molecule is C=COC(C)=O.CC(C)(C)CCCCCCCCC(=O)O. The van der Waals surface area contributed by atoms with Crippen LogP contribution in [0.4, 0.5) is 0 Å². The van der Waals surface area contributed by atoms with Gasteiger partial charge in [-0.15, -0.1) is 0 Å².